The highest BCUT2D eigenvalue weighted by Gasteiger charge is 2.32. The zero-order valence-electron chi connectivity index (χ0n) is 10.2. The van der Waals surface area contributed by atoms with Crippen molar-refractivity contribution in [1.29, 1.82) is 0 Å². The van der Waals surface area contributed by atoms with Crippen LogP contribution in [0.15, 0.2) is 56.7 Å². The molecule has 0 aliphatic carbocycles. The predicted octanol–water partition coefficient (Wildman–Crippen LogP) is 5.08. The summed E-state index contributed by atoms with van der Waals surface area (Å²) in [6.07, 6.45) is -4.37. The third-order valence-corrected chi connectivity index (χ3v) is 4.69. The van der Waals surface area contributed by atoms with Crippen molar-refractivity contribution in [2.45, 2.75) is 22.5 Å². The average molecular weight is 362 g/mol. The van der Waals surface area contributed by atoms with Gasteiger partial charge in [-0.2, -0.15) is 13.2 Å². The molecule has 2 aromatic carbocycles. The third kappa shape index (κ3) is 3.56. The molecule has 0 fully saturated rings. The molecule has 0 radical (unpaired) electrons. The molecule has 2 aromatic rings. The largest absolute Gasteiger partial charge is 0.416 e. The highest BCUT2D eigenvalue weighted by molar-refractivity contribution is 9.10. The van der Waals surface area contributed by atoms with E-state index in [1.54, 1.807) is 0 Å². The first kappa shape index (κ1) is 15.4. The van der Waals surface area contributed by atoms with Crippen molar-refractivity contribution in [3.8, 4) is 0 Å². The Morgan fingerprint density at radius 1 is 1.10 bits per heavy atom. The summed E-state index contributed by atoms with van der Waals surface area (Å²) in [5.41, 5.74) is 4.86. The van der Waals surface area contributed by atoms with Gasteiger partial charge in [0.1, 0.15) is 0 Å². The van der Waals surface area contributed by atoms with Crippen LogP contribution in [0.4, 0.5) is 13.2 Å². The van der Waals surface area contributed by atoms with Gasteiger partial charge >= 0.3 is 6.18 Å². The molecule has 106 valence electrons. The van der Waals surface area contributed by atoms with Crippen molar-refractivity contribution >= 4 is 27.7 Å². The van der Waals surface area contributed by atoms with Crippen molar-refractivity contribution in [2.24, 2.45) is 5.73 Å². The van der Waals surface area contributed by atoms with Gasteiger partial charge in [-0.3, -0.25) is 0 Å². The Bertz CT molecular complexity index is 614. The second-order valence-corrected chi connectivity index (χ2v) is 6.02. The molecule has 0 aromatic heterocycles. The van der Waals surface area contributed by atoms with Crippen LogP contribution in [0.2, 0.25) is 0 Å². The SMILES string of the molecule is NCc1cc(Sc2ccccc2Br)ccc1C(F)(F)F. The summed E-state index contributed by atoms with van der Waals surface area (Å²) in [5, 5.41) is 0. The van der Waals surface area contributed by atoms with Crippen LogP contribution < -0.4 is 5.73 Å². The number of benzene rings is 2. The van der Waals surface area contributed by atoms with Crippen molar-refractivity contribution in [3.63, 3.8) is 0 Å². The summed E-state index contributed by atoms with van der Waals surface area (Å²) in [6, 6.07) is 11.6. The van der Waals surface area contributed by atoms with Crippen LogP contribution in [-0.2, 0) is 12.7 Å². The highest BCUT2D eigenvalue weighted by Crippen LogP contribution is 2.37. The highest BCUT2D eigenvalue weighted by atomic mass is 79.9. The fourth-order valence-corrected chi connectivity index (χ4v) is 3.16. The van der Waals surface area contributed by atoms with E-state index in [1.807, 2.05) is 24.3 Å². The molecule has 0 aliphatic rings. The van der Waals surface area contributed by atoms with Crippen LogP contribution in [0, 0.1) is 0 Å². The van der Waals surface area contributed by atoms with Gasteiger partial charge in [0.05, 0.1) is 5.56 Å². The first-order valence-corrected chi connectivity index (χ1v) is 7.35. The van der Waals surface area contributed by atoms with Gasteiger partial charge in [0.2, 0.25) is 0 Å². The lowest BCUT2D eigenvalue weighted by molar-refractivity contribution is -0.138. The maximum atomic E-state index is 12.8. The number of hydrogen-bond acceptors (Lipinski definition) is 2. The first-order chi connectivity index (χ1) is 9.41. The standard InChI is InChI=1S/C14H11BrF3NS/c15-12-3-1-2-4-13(12)20-10-5-6-11(14(16,17)18)9(7-10)8-19/h1-7H,8,19H2. The molecule has 0 atom stereocenters. The summed E-state index contributed by atoms with van der Waals surface area (Å²) >= 11 is 4.80. The molecule has 1 nitrogen and oxygen atoms in total. The van der Waals surface area contributed by atoms with E-state index in [9.17, 15) is 13.2 Å². The zero-order chi connectivity index (χ0) is 14.8. The Hall–Kier alpha value is -0.980. The van der Waals surface area contributed by atoms with Crippen LogP contribution in [0.3, 0.4) is 0 Å². The van der Waals surface area contributed by atoms with Gasteiger partial charge in [0.15, 0.2) is 0 Å². The topological polar surface area (TPSA) is 26.0 Å². The average Bonchev–Trinajstić information content (AvgIpc) is 2.40. The van der Waals surface area contributed by atoms with Gasteiger partial charge < -0.3 is 5.73 Å². The van der Waals surface area contributed by atoms with Crippen molar-refractivity contribution in [1.82, 2.24) is 0 Å². The summed E-state index contributed by atoms with van der Waals surface area (Å²) in [7, 11) is 0. The van der Waals surface area contributed by atoms with Crippen LogP contribution in [0.25, 0.3) is 0 Å². The summed E-state index contributed by atoms with van der Waals surface area (Å²) < 4.78 is 39.3. The van der Waals surface area contributed by atoms with E-state index in [0.717, 1.165) is 20.3 Å². The number of nitrogens with two attached hydrogens (primary N) is 1. The Morgan fingerprint density at radius 3 is 2.40 bits per heavy atom. The lowest BCUT2D eigenvalue weighted by Gasteiger charge is -2.13. The predicted molar refractivity (Wildman–Crippen MR) is 77.6 cm³/mol. The van der Waals surface area contributed by atoms with Gasteiger partial charge in [-0.05, 0) is 51.8 Å². The Morgan fingerprint density at radius 2 is 1.80 bits per heavy atom. The summed E-state index contributed by atoms with van der Waals surface area (Å²) in [4.78, 5) is 1.67. The molecule has 0 amide bonds. The molecule has 0 bridgehead atoms. The number of rotatable bonds is 3. The Kier molecular flexibility index (Phi) is 4.78. The molecule has 0 heterocycles. The molecular formula is C14H11BrF3NS. The molecule has 0 aliphatic heterocycles. The minimum absolute atomic E-state index is 0.106. The second kappa shape index (κ2) is 6.20. The molecular weight excluding hydrogens is 351 g/mol. The third-order valence-electron chi connectivity index (χ3n) is 2.67. The number of halogens is 4. The fraction of sp³-hybridized carbons (Fsp3) is 0.143. The lowest BCUT2D eigenvalue weighted by atomic mass is 10.1. The van der Waals surface area contributed by atoms with E-state index in [0.29, 0.717) is 0 Å². The number of hydrogen-bond donors (Lipinski definition) is 1. The molecule has 0 spiro atoms. The van der Waals surface area contributed by atoms with Crippen LogP contribution in [-0.4, -0.2) is 0 Å². The van der Waals surface area contributed by atoms with E-state index in [4.69, 9.17) is 5.73 Å². The minimum Gasteiger partial charge on any atom is -0.326 e. The Labute approximate surface area is 127 Å². The van der Waals surface area contributed by atoms with Crippen molar-refractivity contribution < 1.29 is 13.2 Å². The van der Waals surface area contributed by atoms with E-state index >= 15 is 0 Å². The van der Waals surface area contributed by atoms with E-state index in [1.165, 1.54) is 23.9 Å². The molecule has 0 unspecified atom stereocenters. The molecule has 2 N–H and O–H groups in total. The summed E-state index contributed by atoms with van der Waals surface area (Å²) in [6.45, 7) is -0.140. The molecule has 20 heavy (non-hydrogen) atoms. The van der Waals surface area contributed by atoms with Crippen LogP contribution in [0.1, 0.15) is 11.1 Å². The molecule has 0 saturated carbocycles. The maximum Gasteiger partial charge on any atom is 0.416 e. The number of alkyl halides is 3. The van der Waals surface area contributed by atoms with Crippen LogP contribution in [0.5, 0.6) is 0 Å². The van der Waals surface area contributed by atoms with Gasteiger partial charge in [0.25, 0.3) is 0 Å². The lowest BCUT2D eigenvalue weighted by Crippen LogP contribution is -2.11. The zero-order valence-corrected chi connectivity index (χ0v) is 12.6. The van der Waals surface area contributed by atoms with Gasteiger partial charge in [0, 0.05) is 20.8 Å². The van der Waals surface area contributed by atoms with Crippen molar-refractivity contribution in [2.75, 3.05) is 0 Å². The van der Waals surface area contributed by atoms with Gasteiger partial charge in [-0.15, -0.1) is 0 Å². The minimum atomic E-state index is -4.37. The molecule has 0 saturated heterocycles. The quantitative estimate of drug-likeness (QED) is 0.824. The summed E-state index contributed by atoms with van der Waals surface area (Å²) in [5.74, 6) is 0. The fourth-order valence-electron chi connectivity index (χ4n) is 1.73. The smallest absolute Gasteiger partial charge is 0.326 e. The normalized spacial score (nSPS) is 11.7. The van der Waals surface area contributed by atoms with Crippen LogP contribution >= 0.6 is 27.7 Å². The van der Waals surface area contributed by atoms with E-state index in [-0.39, 0.29) is 12.1 Å². The van der Waals surface area contributed by atoms with Gasteiger partial charge in [-0.1, -0.05) is 23.9 Å². The second-order valence-electron chi connectivity index (χ2n) is 4.05. The Balaban J connectivity index is 2.33. The van der Waals surface area contributed by atoms with E-state index < -0.39 is 11.7 Å². The van der Waals surface area contributed by atoms with Crippen molar-refractivity contribution in [3.05, 3.63) is 58.1 Å². The monoisotopic (exact) mass is 361 g/mol. The maximum absolute atomic E-state index is 12.8. The van der Waals surface area contributed by atoms with E-state index in [2.05, 4.69) is 15.9 Å². The van der Waals surface area contributed by atoms with Gasteiger partial charge in [-0.25, -0.2) is 0 Å². The molecule has 2 rings (SSSR count). The molecule has 6 heteroatoms. The first-order valence-electron chi connectivity index (χ1n) is 5.74.